The maximum atomic E-state index is 11.8. The Morgan fingerprint density at radius 1 is 1.05 bits per heavy atom. The molecule has 0 fully saturated rings. The molecule has 0 unspecified atom stereocenters. The number of nitrogens with zero attached hydrogens (tertiary/aromatic N) is 1. The van der Waals surface area contributed by atoms with Gasteiger partial charge in [0.1, 0.15) is 6.42 Å². The summed E-state index contributed by atoms with van der Waals surface area (Å²) >= 11 is 0. The molecule has 2 amide bonds. The fourth-order valence-electron chi connectivity index (χ4n) is 1.89. The summed E-state index contributed by atoms with van der Waals surface area (Å²) in [5.41, 5.74) is 1.99. The summed E-state index contributed by atoms with van der Waals surface area (Å²) in [6.07, 6.45) is -0.158. The first kappa shape index (κ1) is 18.2. The second-order valence-electron chi connectivity index (χ2n) is 6.71. The number of carbonyl (C=O) groups excluding carboxylic acids is 2. The van der Waals surface area contributed by atoms with E-state index in [4.69, 9.17) is 0 Å². The second-order valence-corrected chi connectivity index (χ2v) is 6.71. The van der Waals surface area contributed by atoms with Gasteiger partial charge in [0.2, 0.25) is 11.8 Å². The van der Waals surface area contributed by atoms with Gasteiger partial charge in [-0.3, -0.25) is 9.59 Å². The van der Waals surface area contributed by atoms with Crippen LogP contribution in [0.3, 0.4) is 0 Å². The molecule has 0 atom stereocenters. The van der Waals surface area contributed by atoms with Crippen LogP contribution in [0.4, 0.5) is 5.69 Å². The Hall–Kier alpha value is -1.88. The van der Waals surface area contributed by atoms with Gasteiger partial charge in [0.15, 0.2) is 0 Å². The lowest BCUT2D eigenvalue weighted by atomic mass is 9.87. The summed E-state index contributed by atoms with van der Waals surface area (Å²) < 4.78 is 0. The topological polar surface area (TPSA) is 61.4 Å². The fraction of sp³-hybridized carbons (Fsp3) is 0.529. The van der Waals surface area contributed by atoms with Crippen molar-refractivity contribution in [2.75, 3.05) is 32.5 Å². The van der Waals surface area contributed by atoms with Gasteiger partial charge < -0.3 is 15.5 Å². The van der Waals surface area contributed by atoms with Crippen LogP contribution in [0.5, 0.6) is 0 Å². The zero-order valence-corrected chi connectivity index (χ0v) is 14.2. The molecule has 0 aliphatic rings. The summed E-state index contributed by atoms with van der Waals surface area (Å²) in [5, 5.41) is 5.46. The fourth-order valence-corrected chi connectivity index (χ4v) is 1.89. The highest BCUT2D eigenvalue weighted by Crippen LogP contribution is 2.23. The molecule has 0 aliphatic heterocycles. The van der Waals surface area contributed by atoms with Gasteiger partial charge in [0, 0.05) is 18.8 Å². The maximum Gasteiger partial charge on any atom is 0.233 e. The highest BCUT2D eigenvalue weighted by Gasteiger charge is 2.14. The van der Waals surface area contributed by atoms with E-state index < -0.39 is 0 Å². The zero-order chi connectivity index (χ0) is 16.8. The second kappa shape index (κ2) is 7.94. The van der Waals surface area contributed by atoms with E-state index in [-0.39, 0.29) is 23.7 Å². The number of hydrogen-bond donors (Lipinski definition) is 2. The number of carbonyl (C=O) groups is 2. The van der Waals surface area contributed by atoms with E-state index in [0.717, 1.165) is 6.54 Å². The maximum absolute atomic E-state index is 11.8. The summed E-state index contributed by atoms with van der Waals surface area (Å²) in [6, 6.07) is 7.71. The highest BCUT2D eigenvalue weighted by atomic mass is 16.2. The van der Waals surface area contributed by atoms with Crippen LogP contribution in [0.2, 0.25) is 0 Å². The van der Waals surface area contributed by atoms with Crippen molar-refractivity contribution in [3.8, 4) is 0 Å². The van der Waals surface area contributed by atoms with Crippen LogP contribution in [0, 0.1) is 0 Å². The van der Waals surface area contributed by atoms with Crippen LogP contribution >= 0.6 is 0 Å². The predicted octanol–water partition coefficient (Wildman–Crippen LogP) is 1.99. The normalized spacial score (nSPS) is 11.4. The molecule has 1 aromatic carbocycles. The molecule has 22 heavy (non-hydrogen) atoms. The smallest absolute Gasteiger partial charge is 0.233 e. The van der Waals surface area contributed by atoms with E-state index in [9.17, 15) is 9.59 Å². The van der Waals surface area contributed by atoms with Crippen molar-refractivity contribution in [3.05, 3.63) is 29.8 Å². The molecule has 0 aliphatic carbocycles. The number of likely N-dealkylation sites (N-methyl/N-ethyl adjacent to an activating group) is 1. The van der Waals surface area contributed by atoms with Crippen LogP contribution in [0.1, 0.15) is 32.8 Å². The molecule has 2 N–H and O–H groups in total. The van der Waals surface area contributed by atoms with E-state index in [1.165, 1.54) is 5.56 Å². The summed E-state index contributed by atoms with van der Waals surface area (Å²) in [7, 11) is 3.86. The molecule has 1 aromatic rings. The number of anilines is 1. The Labute approximate surface area is 133 Å². The minimum atomic E-state index is -0.300. The van der Waals surface area contributed by atoms with Crippen molar-refractivity contribution < 1.29 is 9.59 Å². The highest BCUT2D eigenvalue weighted by molar-refractivity contribution is 6.03. The minimum absolute atomic E-state index is 0.0782. The molecule has 0 spiro atoms. The Balaban J connectivity index is 2.43. The quantitative estimate of drug-likeness (QED) is 0.790. The molecule has 0 bridgehead atoms. The van der Waals surface area contributed by atoms with Gasteiger partial charge in [-0.2, -0.15) is 0 Å². The molecule has 0 saturated heterocycles. The van der Waals surface area contributed by atoms with Gasteiger partial charge in [-0.05, 0) is 37.2 Å². The number of rotatable bonds is 6. The zero-order valence-electron chi connectivity index (χ0n) is 14.2. The molecule has 1 rings (SSSR count). The van der Waals surface area contributed by atoms with Gasteiger partial charge >= 0.3 is 0 Å². The number of amides is 2. The third-order valence-electron chi connectivity index (χ3n) is 3.24. The van der Waals surface area contributed by atoms with E-state index in [1.807, 2.05) is 43.3 Å². The average Bonchev–Trinajstić information content (AvgIpc) is 2.37. The van der Waals surface area contributed by atoms with Crippen LogP contribution in [0.25, 0.3) is 0 Å². The molecule has 5 nitrogen and oxygen atoms in total. The van der Waals surface area contributed by atoms with E-state index in [0.29, 0.717) is 12.2 Å². The Morgan fingerprint density at radius 3 is 2.14 bits per heavy atom. The van der Waals surface area contributed by atoms with Gasteiger partial charge in [0.05, 0.1) is 0 Å². The standard InChI is InChI=1S/C17H27N3O2/c1-17(2,3)13-6-8-14(9-7-13)19-16(22)12-15(21)18-10-11-20(4)5/h6-9H,10-12H2,1-5H3,(H,18,21)(H,19,22). The third kappa shape index (κ3) is 6.72. The monoisotopic (exact) mass is 305 g/mol. The molecule has 5 heteroatoms. The van der Waals surface area contributed by atoms with Crippen molar-refractivity contribution in [3.63, 3.8) is 0 Å². The van der Waals surface area contributed by atoms with Crippen LogP contribution in [0.15, 0.2) is 24.3 Å². The van der Waals surface area contributed by atoms with Gasteiger partial charge in [-0.15, -0.1) is 0 Å². The van der Waals surface area contributed by atoms with Crippen molar-refractivity contribution >= 4 is 17.5 Å². The molecule has 0 heterocycles. The lowest BCUT2D eigenvalue weighted by Gasteiger charge is -2.19. The van der Waals surface area contributed by atoms with Crippen LogP contribution < -0.4 is 10.6 Å². The number of benzene rings is 1. The van der Waals surface area contributed by atoms with E-state index >= 15 is 0 Å². The Kier molecular flexibility index (Phi) is 6.56. The average molecular weight is 305 g/mol. The third-order valence-corrected chi connectivity index (χ3v) is 3.24. The molecule has 0 radical (unpaired) electrons. The molecule has 0 saturated carbocycles. The summed E-state index contributed by atoms with van der Waals surface area (Å²) in [6.45, 7) is 7.71. The van der Waals surface area contributed by atoms with Crippen molar-refractivity contribution in [1.29, 1.82) is 0 Å². The van der Waals surface area contributed by atoms with Crippen molar-refractivity contribution in [2.45, 2.75) is 32.6 Å². The van der Waals surface area contributed by atoms with E-state index in [1.54, 1.807) is 0 Å². The van der Waals surface area contributed by atoms with Gasteiger partial charge in [-0.1, -0.05) is 32.9 Å². The first-order valence-corrected chi connectivity index (χ1v) is 7.50. The summed E-state index contributed by atoms with van der Waals surface area (Å²) in [4.78, 5) is 25.4. The Morgan fingerprint density at radius 2 is 1.64 bits per heavy atom. The van der Waals surface area contributed by atoms with Crippen molar-refractivity contribution in [1.82, 2.24) is 10.2 Å². The lowest BCUT2D eigenvalue weighted by molar-refractivity contribution is -0.126. The van der Waals surface area contributed by atoms with E-state index in [2.05, 4.69) is 31.4 Å². The first-order valence-electron chi connectivity index (χ1n) is 7.50. The predicted molar refractivity (Wildman–Crippen MR) is 90.0 cm³/mol. The molecule has 122 valence electrons. The minimum Gasteiger partial charge on any atom is -0.354 e. The largest absolute Gasteiger partial charge is 0.354 e. The number of hydrogen-bond acceptors (Lipinski definition) is 3. The SMILES string of the molecule is CN(C)CCNC(=O)CC(=O)Nc1ccc(C(C)(C)C)cc1. The molecular formula is C17H27N3O2. The van der Waals surface area contributed by atoms with Gasteiger partial charge in [0.25, 0.3) is 0 Å². The molecular weight excluding hydrogens is 278 g/mol. The van der Waals surface area contributed by atoms with Crippen LogP contribution in [-0.2, 0) is 15.0 Å². The number of nitrogens with one attached hydrogen (secondary N) is 2. The van der Waals surface area contributed by atoms with Crippen LogP contribution in [-0.4, -0.2) is 43.9 Å². The molecule has 0 aromatic heterocycles. The Bertz CT molecular complexity index is 502. The first-order chi connectivity index (χ1) is 10.2. The van der Waals surface area contributed by atoms with Crippen molar-refractivity contribution in [2.24, 2.45) is 0 Å². The van der Waals surface area contributed by atoms with Gasteiger partial charge in [-0.25, -0.2) is 0 Å². The summed E-state index contributed by atoms with van der Waals surface area (Å²) in [5.74, 6) is -0.559. The lowest BCUT2D eigenvalue weighted by Crippen LogP contribution is -2.33.